The van der Waals surface area contributed by atoms with Crippen molar-refractivity contribution >= 4 is 11.8 Å². The van der Waals surface area contributed by atoms with Gasteiger partial charge in [-0.2, -0.15) is 26.3 Å². The molecular formula is C14H11F6NO2. The average molecular weight is 339 g/mol. The summed E-state index contributed by atoms with van der Waals surface area (Å²) in [6, 6.07) is 5.64. The molecular weight excluding hydrogens is 328 g/mol. The Morgan fingerprint density at radius 1 is 0.913 bits per heavy atom. The number of imide groups is 1. The van der Waals surface area contributed by atoms with Gasteiger partial charge in [0.25, 0.3) is 11.8 Å². The van der Waals surface area contributed by atoms with Crippen molar-refractivity contribution in [1.82, 2.24) is 4.90 Å². The van der Waals surface area contributed by atoms with Crippen LogP contribution < -0.4 is 0 Å². The van der Waals surface area contributed by atoms with Gasteiger partial charge >= 0.3 is 12.4 Å². The summed E-state index contributed by atoms with van der Waals surface area (Å²) in [6.45, 7) is -0.716. The van der Waals surface area contributed by atoms with Crippen LogP contribution in [-0.2, 0) is 0 Å². The summed E-state index contributed by atoms with van der Waals surface area (Å²) < 4.78 is 74.9. The number of hydrogen-bond acceptors (Lipinski definition) is 2. The van der Waals surface area contributed by atoms with E-state index < -0.39 is 49.5 Å². The second kappa shape index (κ2) is 5.86. The number of halogens is 6. The molecule has 1 unspecified atom stereocenters. The van der Waals surface area contributed by atoms with Crippen molar-refractivity contribution in [2.24, 2.45) is 5.92 Å². The third kappa shape index (κ3) is 3.83. The van der Waals surface area contributed by atoms with Crippen molar-refractivity contribution in [2.75, 3.05) is 6.54 Å². The summed E-state index contributed by atoms with van der Waals surface area (Å²) in [5.41, 5.74) is 0.0776. The van der Waals surface area contributed by atoms with E-state index in [1.165, 1.54) is 24.3 Å². The van der Waals surface area contributed by atoms with E-state index in [0.29, 0.717) is 4.90 Å². The molecule has 23 heavy (non-hydrogen) atoms. The average Bonchev–Trinajstić information content (AvgIpc) is 2.66. The van der Waals surface area contributed by atoms with Crippen molar-refractivity contribution in [1.29, 1.82) is 0 Å². The second-order valence-electron chi connectivity index (χ2n) is 5.15. The van der Waals surface area contributed by atoms with E-state index in [4.69, 9.17) is 0 Å². The smallest absolute Gasteiger partial charge is 0.274 e. The van der Waals surface area contributed by atoms with Gasteiger partial charge < -0.3 is 0 Å². The SMILES string of the molecule is O=C1c2ccccc2C(=O)N1CCC(CC(F)(F)F)C(F)(F)F. The molecule has 0 aromatic heterocycles. The van der Waals surface area contributed by atoms with Crippen molar-refractivity contribution in [3.8, 4) is 0 Å². The molecule has 0 radical (unpaired) electrons. The lowest BCUT2D eigenvalue weighted by molar-refractivity contribution is -0.220. The lowest BCUT2D eigenvalue weighted by Crippen LogP contribution is -2.36. The van der Waals surface area contributed by atoms with Crippen LogP contribution in [0.1, 0.15) is 33.6 Å². The molecule has 0 fully saturated rings. The standard InChI is InChI=1S/C14H11F6NO2/c15-13(16,17)7-8(14(18,19)20)5-6-21-11(22)9-3-1-2-4-10(9)12(21)23/h1-4,8H,5-7H2. The first kappa shape index (κ1) is 17.3. The summed E-state index contributed by atoms with van der Waals surface area (Å²) in [6.07, 6.45) is -13.1. The fourth-order valence-electron chi connectivity index (χ4n) is 2.39. The molecule has 3 nitrogen and oxygen atoms in total. The van der Waals surface area contributed by atoms with E-state index in [0.717, 1.165) is 0 Å². The summed E-state index contributed by atoms with van der Waals surface area (Å²) in [7, 11) is 0. The number of carbonyl (C=O) groups excluding carboxylic acids is 2. The van der Waals surface area contributed by atoms with Crippen molar-refractivity contribution < 1.29 is 35.9 Å². The molecule has 9 heteroatoms. The highest BCUT2D eigenvalue weighted by molar-refractivity contribution is 6.21. The molecule has 1 aromatic rings. The van der Waals surface area contributed by atoms with Crippen molar-refractivity contribution in [3.63, 3.8) is 0 Å². The Bertz CT molecular complexity index is 587. The first-order valence-corrected chi connectivity index (χ1v) is 6.59. The van der Waals surface area contributed by atoms with Gasteiger partial charge in [-0.15, -0.1) is 0 Å². The number of hydrogen-bond donors (Lipinski definition) is 0. The minimum Gasteiger partial charge on any atom is -0.274 e. The zero-order chi connectivity index (χ0) is 17.4. The maximum atomic E-state index is 12.7. The van der Waals surface area contributed by atoms with Crippen LogP contribution in [0.5, 0.6) is 0 Å². The predicted molar refractivity (Wildman–Crippen MR) is 66.6 cm³/mol. The van der Waals surface area contributed by atoms with Crippen LogP contribution in [0.3, 0.4) is 0 Å². The van der Waals surface area contributed by atoms with Gasteiger partial charge in [-0.3, -0.25) is 14.5 Å². The third-order valence-corrected chi connectivity index (χ3v) is 3.52. The Morgan fingerprint density at radius 2 is 1.39 bits per heavy atom. The Morgan fingerprint density at radius 3 is 1.78 bits per heavy atom. The van der Waals surface area contributed by atoms with E-state index in [1.54, 1.807) is 0 Å². The largest absolute Gasteiger partial charge is 0.392 e. The van der Waals surface area contributed by atoms with Crippen LogP contribution in [0.4, 0.5) is 26.3 Å². The van der Waals surface area contributed by atoms with Gasteiger partial charge in [0.1, 0.15) is 0 Å². The van der Waals surface area contributed by atoms with E-state index in [1.807, 2.05) is 0 Å². The molecule has 1 heterocycles. The van der Waals surface area contributed by atoms with Gasteiger partial charge in [0, 0.05) is 6.54 Å². The maximum Gasteiger partial charge on any atom is 0.392 e. The molecule has 1 aliphatic heterocycles. The first-order chi connectivity index (χ1) is 10.5. The Kier molecular flexibility index (Phi) is 4.41. The zero-order valence-corrected chi connectivity index (χ0v) is 11.5. The number of amides is 2. The van der Waals surface area contributed by atoms with Crippen LogP contribution in [0, 0.1) is 5.92 Å². The summed E-state index contributed by atoms with van der Waals surface area (Å²) in [4.78, 5) is 24.5. The number of fused-ring (bicyclic) bond motifs is 1. The van der Waals surface area contributed by atoms with Gasteiger partial charge in [-0.1, -0.05) is 12.1 Å². The van der Waals surface area contributed by atoms with Gasteiger partial charge in [0.2, 0.25) is 0 Å². The van der Waals surface area contributed by atoms with E-state index in [2.05, 4.69) is 0 Å². The number of alkyl halides is 6. The molecule has 0 N–H and O–H groups in total. The fraction of sp³-hybridized carbons (Fsp3) is 0.429. The molecule has 0 aliphatic carbocycles. The molecule has 0 saturated carbocycles. The van der Waals surface area contributed by atoms with Gasteiger partial charge in [-0.25, -0.2) is 0 Å². The Balaban J connectivity index is 2.10. The van der Waals surface area contributed by atoms with Crippen LogP contribution in [0.25, 0.3) is 0 Å². The van der Waals surface area contributed by atoms with Crippen LogP contribution >= 0.6 is 0 Å². The number of benzene rings is 1. The minimum absolute atomic E-state index is 0.0388. The molecule has 1 aliphatic rings. The van der Waals surface area contributed by atoms with Gasteiger partial charge in [0.15, 0.2) is 0 Å². The molecule has 1 atom stereocenters. The quantitative estimate of drug-likeness (QED) is 0.618. The normalized spacial score (nSPS) is 16.7. The highest BCUT2D eigenvalue weighted by Gasteiger charge is 2.47. The lowest BCUT2D eigenvalue weighted by atomic mass is 10.00. The van der Waals surface area contributed by atoms with Gasteiger partial charge in [-0.05, 0) is 18.6 Å². The number of carbonyl (C=O) groups is 2. The Hall–Kier alpha value is -2.06. The lowest BCUT2D eigenvalue weighted by Gasteiger charge is -2.23. The summed E-state index contributed by atoms with van der Waals surface area (Å²) in [5.74, 6) is -4.25. The number of nitrogens with zero attached hydrogens (tertiary/aromatic N) is 1. The monoisotopic (exact) mass is 339 g/mol. The van der Waals surface area contributed by atoms with E-state index in [9.17, 15) is 35.9 Å². The number of rotatable bonds is 4. The van der Waals surface area contributed by atoms with E-state index in [-0.39, 0.29) is 11.1 Å². The second-order valence-corrected chi connectivity index (χ2v) is 5.15. The molecule has 1 aromatic carbocycles. The Labute approximate surface area is 126 Å². The van der Waals surface area contributed by atoms with Crippen molar-refractivity contribution in [2.45, 2.75) is 25.2 Å². The molecule has 0 bridgehead atoms. The predicted octanol–water partition coefficient (Wildman–Crippen LogP) is 3.80. The maximum absolute atomic E-state index is 12.7. The van der Waals surface area contributed by atoms with Crippen molar-refractivity contribution in [3.05, 3.63) is 35.4 Å². The van der Waals surface area contributed by atoms with Crippen LogP contribution in [0.15, 0.2) is 24.3 Å². The molecule has 2 rings (SSSR count). The third-order valence-electron chi connectivity index (χ3n) is 3.52. The summed E-state index contributed by atoms with van der Waals surface area (Å²) >= 11 is 0. The zero-order valence-electron chi connectivity index (χ0n) is 11.5. The van der Waals surface area contributed by atoms with E-state index >= 15 is 0 Å². The van der Waals surface area contributed by atoms with Crippen LogP contribution in [-0.4, -0.2) is 35.6 Å². The van der Waals surface area contributed by atoms with Crippen LogP contribution in [0.2, 0.25) is 0 Å². The fourth-order valence-corrected chi connectivity index (χ4v) is 2.39. The highest BCUT2D eigenvalue weighted by atomic mass is 19.4. The minimum atomic E-state index is -5.06. The highest BCUT2D eigenvalue weighted by Crippen LogP contribution is 2.38. The topological polar surface area (TPSA) is 37.4 Å². The molecule has 2 amide bonds. The first-order valence-electron chi connectivity index (χ1n) is 6.59. The summed E-state index contributed by atoms with van der Waals surface area (Å²) in [5, 5.41) is 0. The van der Waals surface area contributed by atoms with Gasteiger partial charge in [0.05, 0.1) is 23.5 Å². The molecule has 0 spiro atoms. The molecule has 126 valence electrons. The molecule has 0 saturated heterocycles.